The van der Waals surface area contributed by atoms with Crippen molar-refractivity contribution in [3.63, 3.8) is 0 Å². The molecule has 128 valence electrons. The molecule has 1 N–H and O–H groups in total. The second kappa shape index (κ2) is 6.48. The van der Waals surface area contributed by atoms with Crippen molar-refractivity contribution in [3.05, 3.63) is 24.3 Å². The van der Waals surface area contributed by atoms with Crippen molar-refractivity contribution < 1.29 is 29.0 Å². The van der Waals surface area contributed by atoms with Crippen LogP contribution >= 0.6 is 0 Å². The summed E-state index contributed by atoms with van der Waals surface area (Å²) in [6.45, 7) is -0.167. The van der Waals surface area contributed by atoms with Crippen molar-refractivity contribution in [1.29, 1.82) is 0 Å². The third-order valence-electron chi connectivity index (χ3n) is 4.30. The zero-order valence-corrected chi connectivity index (χ0v) is 13.2. The molecule has 2 aliphatic rings. The van der Waals surface area contributed by atoms with Crippen LogP contribution in [0.1, 0.15) is 6.42 Å². The average molecular weight is 334 g/mol. The second-order valence-corrected chi connectivity index (χ2v) is 5.73. The van der Waals surface area contributed by atoms with Gasteiger partial charge in [0.15, 0.2) is 6.61 Å². The number of hydrogen-bond acceptors (Lipinski definition) is 5. The fourth-order valence-electron chi connectivity index (χ4n) is 3.03. The number of benzene rings is 1. The van der Waals surface area contributed by atoms with Crippen molar-refractivity contribution in [2.24, 2.45) is 0 Å². The number of nitrogens with zero attached hydrogens (tertiary/aromatic N) is 2. The number of likely N-dealkylation sites (tertiary alicyclic amines) is 1. The van der Waals surface area contributed by atoms with Gasteiger partial charge < -0.3 is 19.5 Å². The Kier molecular flexibility index (Phi) is 4.39. The largest absolute Gasteiger partial charge is 0.482 e. The first-order valence-corrected chi connectivity index (χ1v) is 7.58. The number of carbonyl (C=O) groups excluding carboxylic acids is 2. The number of fused-ring (bicyclic) bond motifs is 1. The molecule has 1 aromatic carbocycles. The highest BCUT2D eigenvalue weighted by molar-refractivity contribution is 6.02. The highest BCUT2D eigenvalue weighted by Gasteiger charge is 2.41. The summed E-state index contributed by atoms with van der Waals surface area (Å²) < 4.78 is 10.5. The van der Waals surface area contributed by atoms with Crippen LogP contribution in [0.3, 0.4) is 0 Å². The minimum Gasteiger partial charge on any atom is -0.482 e. The number of methoxy groups -OCH3 is 1. The first-order chi connectivity index (χ1) is 11.5. The van der Waals surface area contributed by atoms with Crippen LogP contribution in [0.2, 0.25) is 0 Å². The summed E-state index contributed by atoms with van der Waals surface area (Å²) in [5, 5.41) is 9.31. The molecule has 0 radical (unpaired) electrons. The van der Waals surface area contributed by atoms with Crippen LogP contribution in [0.15, 0.2) is 24.3 Å². The summed E-state index contributed by atoms with van der Waals surface area (Å²) in [6.07, 6.45) is -0.0756. The van der Waals surface area contributed by atoms with E-state index in [1.165, 1.54) is 16.9 Å². The van der Waals surface area contributed by atoms with Gasteiger partial charge in [0.1, 0.15) is 18.3 Å². The minimum absolute atomic E-state index is 0.145. The van der Waals surface area contributed by atoms with Gasteiger partial charge in [0.05, 0.1) is 11.8 Å². The molecule has 8 nitrogen and oxygen atoms in total. The molecule has 2 aliphatic heterocycles. The van der Waals surface area contributed by atoms with E-state index in [9.17, 15) is 19.5 Å². The standard InChI is InChI=1S/C16H18N2O6/c1-23-10-6-12(16(21)22)17(7-10)14(19)8-18-11-4-2-3-5-13(11)24-9-15(18)20/h2-5,10,12H,6-9H2,1H3,(H,21,22). The van der Waals surface area contributed by atoms with E-state index in [2.05, 4.69) is 0 Å². The molecule has 3 rings (SSSR count). The monoisotopic (exact) mass is 334 g/mol. The highest BCUT2D eigenvalue weighted by Crippen LogP contribution is 2.31. The number of hydrogen-bond donors (Lipinski definition) is 1. The van der Waals surface area contributed by atoms with Gasteiger partial charge in [-0.3, -0.25) is 14.5 Å². The van der Waals surface area contributed by atoms with Crippen LogP contribution in [0.4, 0.5) is 5.69 Å². The molecule has 1 aromatic rings. The molecule has 0 aliphatic carbocycles. The van der Waals surface area contributed by atoms with Crippen LogP contribution in [0.25, 0.3) is 0 Å². The molecular weight excluding hydrogens is 316 g/mol. The third kappa shape index (κ3) is 2.92. The molecule has 0 aromatic heterocycles. The summed E-state index contributed by atoms with van der Waals surface area (Å²) >= 11 is 0. The summed E-state index contributed by atoms with van der Waals surface area (Å²) in [4.78, 5) is 38.7. The van der Waals surface area contributed by atoms with Gasteiger partial charge in [-0.1, -0.05) is 12.1 Å². The van der Waals surface area contributed by atoms with Crippen molar-refractivity contribution in [2.45, 2.75) is 18.6 Å². The number of aliphatic carboxylic acids is 1. The topological polar surface area (TPSA) is 96.4 Å². The molecule has 2 atom stereocenters. The molecule has 0 bridgehead atoms. The van der Waals surface area contributed by atoms with Crippen LogP contribution < -0.4 is 9.64 Å². The molecule has 0 saturated carbocycles. The van der Waals surface area contributed by atoms with E-state index in [4.69, 9.17) is 9.47 Å². The van der Waals surface area contributed by atoms with E-state index in [1.807, 2.05) is 0 Å². The summed E-state index contributed by atoms with van der Waals surface area (Å²) in [5.41, 5.74) is 0.511. The van der Waals surface area contributed by atoms with Gasteiger partial charge in [-0.15, -0.1) is 0 Å². The number of carboxylic acid groups (broad SMARTS) is 1. The maximum Gasteiger partial charge on any atom is 0.326 e. The SMILES string of the molecule is COC1CC(C(=O)O)N(C(=O)CN2C(=O)COc3ccccc32)C1. The number of ether oxygens (including phenoxy) is 2. The fourth-order valence-corrected chi connectivity index (χ4v) is 3.03. The molecule has 2 heterocycles. The zero-order valence-electron chi connectivity index (χ0n) is 13.2. The van der Waals surface area contributed by atoms with E-state index in [0.29, 0.717) is 11.4 Å². The van der Waals surface area contributed by atoms with Crippen molar-refractivity contribution in [1.82, 2.24) is 4.90 Å². The molecule has 0 spiro atoms. The molecule has 1 fully saturated rings. The predicted molar refractivity (Wildman–Crippen MR) is 82.8 cm³/mol. The van der Waals surface area contributed by atoms with E-state index in [-0.39, 0.29) is 38.1 Å². The van der Waals surface area contributed by atoms with Gasteiger partial charge in [-0.05, 0) is 12.1 Å². The molecule has 24 heavy (non-hydrogen) atoms. The van der Waals surface area contributed by atoms with Crippen molar-refractivity contribution in [3.8, 4) is 5.75 Å². The quantitative estimate of drug-likeness (QED) is 0.840. The van der Waals surface area contributed by atoms with Crippen molar-refractivity contribution >= 4 is 23.5 Å². The van der Waals surface area contributed by atoms with Gasteiger partial charge in [0.2, 0.25) is 5.91 Å². The summed E-state index contributed by atoms with van der Waals surface area (Å²) in [7, 11) is 1.49. The van der Waals surface area contributed by atoms with Gasteiger partial charge in [0, 0.05) is 20.1 Å². The smallest absolute Gasteiger partial charge is 0.326 e. The number of carboxylic acids is 1. The minimum atomic E-state index is -1.07. The van der Waals surface area contributed by atoms with E-state index in [1.54, 1.807) is 24.3 Å². The lowest BCUT2D eigenvalue weighted by Gasteiger charge is -2.31. The lowest BCUT2D eigenvalue weighted by atomic mass is 10.2. The lowest BCUT2D eigenvalue weighted by Crippen LogP contribution is -2.49. The number of para-hydroxylation sites is 2. The number of rotatable bonds is 4. The first-order valence-electron chi connectivity index (χ1n) is 7.58. The number of anilines is 1. The van der Waals surface area contributed by atoms with Crippen LogP contribution in [0.5, 0.6) is 5.75 Å². The first kappa shape index (κ1) is 16.3. The Balaban J connectivity index is 1.79. The number of amides is 2. The normalized spacial score (nSPS) is 23.0. The Hall–Kier alpha value is -2.61. The third-order valence-corrected chi connectivity index (χ3v) is 4.30. The van der Waals surface area contributed by atoms with E-state index >= 15 is 0 Å². The maximum absolute atomic E-state index is 12.6. The van der Waals surface area contributed by atoms with Crippen LogP contribution in [-0.2, 0) is 19.1 Å². The van der Waals surface area contributed by atoms with Gasteiger partial charge >= 0.3 is 5.97 Å². The summed E-state index contributed by atoms with van der Waals surface area (Å²) in [5.74, 6) is -1.31. The van der Waals surface area contributed by atoms with Crippen molar-refractivity contribution in [2.75, 3.05) is 31.7 Å². The van der Waals surface area contributed by atoms with Crippen LogP contribution in [-0.4, -0.2) is 66.7 Å². The van der Waals surface area contributed by atoms with Gasteiger partial charge in [-0.2, -0.15) is 0 Å². The molecule has 2 amide bonds. The summed E-state index contributed by atoms with van der Waals surface area (Å²) in [6, 6.07) is 5.99. The Labute approximate surface area is 138 Å². The predicted octanol–water partition coefficient (Wildman–Crippen LogP) is 0.113. The lowest BCUT2D eigenvalue weighted by molar-refractivity contribution is -0.147. The molecule has 1 saturated heterocycles. The highest BCUT2D eigenvalue weighted by atomic mass is 16.5. The molecule has 2 unspecified atom stereocenters. The Bertz CT molecular complexity index is 676. The maximum atomic E-state index is 12.6. The molecule has 8 heteroatoms. The van der Waals surface area contributed by atoms with Gasteiger partial charge in [-0.25, -0.2) is 4.79 Å². The molecular formula is C16H18N2O6. The number of carbonyl (C=O) groups is 3. The average Bonchev–Trinajstić information content (AvgIpc) is 3.02. The van der Waals surface area contributed by atoms with E-state index in [0.717, 1.165) is 0 Å². The van der Waals surface area contributed by atoms with Gasteiger partial charge in [0.25, 0.3) is 5.91 Å². The Morgan fingerprint density at radius 1 is 1.38 bits per heavy atom. The zero-order chi connectivity index (χ0) is 17.3. The Morgan fingerprint density at radius 3 is 2.83 bits per heavy atom. The second-order valence-electron chi connectivity index (χ2n) is 5.73. The van der Waals surface area contributed by atoms with E-state index < -0.39 is 17.9 Å². The van der Waals surface area contributed by atoms with Crippen LogP contribution in [0, 0.1) is 0 Å². The Morgan fingerprint density at radius 2 is 2.12 bits per heavy atom. The fraction of sp³-hybridized carbons (Fsp3) is 0.438.